The summed E-state index contributed by atoms with van der Waals surface area (Å²) < 4.78 is 5.50. The molecule has 0 unspecified atom stereocenters. The van der Waals surface area contributed by atoms with Gasteiger partial charge in [-0.2, -0.15) is 0 Å². The number of benzene rings is 1. The van der Waals surface area contributed by atoms with Gasteiger partial charge in [-0.25, -0.2) is 0 Å². The molecule has 1 heterocycles. The van der Waals surface area contributed by atoms with Crippen LogP contribution in [0.3, 0.4) is 0 Å². The lowest BCUT2D eigenvalue weighted by molar-refractivity contribution is -0.137. The number of nitrogens with one attached hydrogen (secondary N) is 1. The van der Waals surface area contributed by atoms with Crippen molar-refractivity contribution in [2.24, 2.45) is 0 Å². The summed E-state index contributed by atoms with van der Waals surface area (Å²) in [5, 5.41) is 11.8. The number of carbonyl (C=O) groups is 2. The van der Waals surface area contributed by atoms with E-state index in [1.165, 1.54) is 11.1 Å². The fraction of sp³-hybridized carbons (Fsp3) is 0.333. The first-order valence-electron chi connectivity index (χ1n) is 6.64. The monoisotopic (exact) mass is 273 g/mol. The van der Waals surface area contributed by atoms with E-state index >= 15 is 0 Å². The van der Waals surface area contributed by atoms with E-state index in [2.05, 4.69) is 17.4 Å². The van der Waals surface area contributed by atoms with Crippen LogP contribution in [0.15, 0.2) is 22.8 Å². The minimum atomic E-state index is -1.05. The lowest BCUT2D eigenvalue weighted by Crippen LogP contribution is -2.30. The highest BCUT2D eigenvalue weighted by molar-refractivity contribution is 5.89. The molecule has 1 amide bonds. The molecule has 0 saturated carbocycles. The van der Waals surface area contributed by atoms with E-state index in [-0.39, 0.29) is 18.9 Å². The normalized spacial score (nSPS) is 13.4. The van der Waals surface area contributed by atoms with Gasteiger partial charge in [-0.3, -0.25) is 9.59 Å². The van der Waals surface area contributed by atoms with E-state index in [1.807, 2.05) is 0 Å². The van der Waals surface area contributed by atoms with E-state index in [4.69, 9.17) is 9.52 Å². The molecule has 0 saturated heterocycles. The summed E-state index contributed by atoms with van der Waals surface area (Å²) in [6.07, 6.45) is 5.04. The van der Waals surface area contributed by atoms with Crippen LogP contribution in [0.5, 0.6) is 0 Å². The van der Waals surface area contributed by atoms with Gasteiger partial charge in [0.25, 0.3) is 0 Å². The van der Waals surface area contributed by atoms with Crippen molar-refractivity contribution < 1.29 is 19.1 Å². The SMILES string of the molecule is O=C(O)CNC(=O)Cc1coc2cc3c(cc12)CCC3. The molecule has 0 radical (unpaired) electrons. The van der Waals surface area contributed by atoms with Crippen molar-refractivity contribution in [1.82, 2.24) is 5.32 Å². The number of hydrogen-bond donors (Lipinski definition) is 2. The Morgan fingerprint density at radius 2 is 2.00 bits per heavy atom. The van der Waals surface area contributed by atoms with E-state index in [0.717, 1.165) is 35.8 Å². The smallest absolute Gasteiger partial charge is 0.322 e. The van der Waals surface area contributed by atoms with Crippen LogP contribution < -0.4 is 5.32 Å². The average molecular weight is 273 g/mol. The van der Waals surface area contributed by atoms with Crippen LogP contribution in [0.25, 0.3) is 11.0 Å². The van der Waals surface area contributed by atoms with Crippen LogP contribution >= 0.6 is 0 Å². The molecular weight excluding hydrogens is 258 g/mol. The largest absolute Gasteiger partial charge is 0.480 e. The van der Waals surface area contributed by atoms with Gasteiger partial charge in [0, 0.05) is 10.9 Å². The molecule has 5 nitrogen and oxygen atoms in total. The van der Waals surface area contributed by atoms with Crippen LogP contribution in [-0.2, 0) is 28.9 Å². The Labute approximate surface area is 115 Å². The zero-order valence-electron chi connectivity index (χ0n) is 10.9. The Morgan fingerprint density at radius 1 is 1.25 bits per heavy atom. The lowest BCUT2D eigenvalue weighted by atomic mass is 10.0. The predicted octanol–water partition coefficient (Wildman–Crippen LogP) is 1.66. The van der Waals surface area contributed by atoms with Gasteiger partial charge in [0.15, 0.2) is 0 Å². The van der Waals surface area contributed by atoms with Gasteiger partial charge in [-0.1, -0.05) is 0 Å². The maximum Gasteiger partial charge on any atom is 0.322 e. The van der Waals surface area contributed by atoms with Crippen LogP contribution in [0.2, 0.25) is 0 Å². The molecule has 1 aliphatic carbocycles. The third-order valence-corrected chi connectivity index (χ3v) is 3.66. The maximum atomic E-state index is 11.7. The number of aliphatic carboxylic acids is 1. The third-order valence-electron chi connectivity index (χ3n) is 3.66. The zero-order chi connectivity index (χ0) is 14.1. The van der Waals surface area contributed by atoms with E-state index < -0.39 is 5.97 Å². The molecule has 3 rings (SSSR count). The molecule has 0 fully saturated rings. The van der Waals surface area contributed by atoms with Crippen molar-refractivity contribution >= 4 is 22.8 Å². The third kappa shape index (κ3) is 2.39. The van der Waals surface area contributed by atoms with Crippen molar-refractivity contribution in [2.75, 3.05) is 6.54 Å². The minimum Gasteiger partial charge on any atom is -0.480 e. The second-order valence-electron chi connectivity index (χ2n) is 5.08. The summed E-state index contributed by atoms with van der Waals surface area (Å²) in [6, 6.07) is 4.15. The van der Waals surface area contributed by atoms with E-state index in [9.17, 15) is 9.59 Å². The van der Waals surface area contributed by atoms with E-state index in [1.54, 1.807) is 6.26 Å². The van der Waals surface area contributed by atoms with Gasteiger partial charge >= 0.3 is 5.97 Å². The molecule has 1 aromatic heterocycles. The highest BCUT2D eigenvalue weighted by atomic mass is 16.4. The summed E-state index contributed by atoms with van der Waals surface area (Å²) in [5.74, 6) is -1.36. The molecular formula is C15H15NO4. The Balaban J connectivity index is 1.82. The summed E-state index contributed by atoms with van der Waals surface area (Å²) in [7, 11) is 0. The molecule has 2 N–H and O–H groups in total. The average Bonchev–Trinajstić information content (AvgIpc) is 3.01. The molecule has 0 bridgehead atoms. The number of carboxylic acid groups (broad SMARTS) is 1. The molecule has 2 aromatic rings. The van der Waals surface area contributed by atoms with Crippen molar-refractivity contribution in [3.8, 4) is 0 Å². The van der Waals surface area contributed by atoms with E-state index in [0.29, 0.717) is 0 Å². The Bertz CT molecular complexity index is 686. The van der Waals surface area contributed by atoms with Crippen LogP contribution in [0.4, 0.5) is 0 Å². The number of amides is 1. The fourth-order valence-corrected chi connectivity index (χ4v) is 2.69. The number of fused-ring (bicyclic) bond motifs is 2. The number of carbonyl (C=O) groups excluding carboxylic acids is 1. The van der Waals surface area contributed by atoms with Gasteiger partial charge < -0.3 is 14.8 Å². The maximum absolute atomic E-state index is 11.7. The number of furan rings is 1. The number of carboxylic acids is 1. The molecule has 5 heteroatoms. The molecule has 0 atom stereocenters. The van der Waals surface area contributed by atoms with Crippen molar-refractivity contribution in [3.05, 3.63) is 35.1 Å². The van der Waals surface area contributed by atoms with Gasteiger partial charge in [0.05, 0.1) is 12.7 Å². The second-order valence-corrected chi connectivity index (χ2v) is 5.08. The van der Waals surface area contributed by atoms with Crippen molar-refractivity contribution in [3.63, 3.8) is 0 Å². The Hall–Kier alpha value is -2.30. The molecule has 1 aromatic carbocycles. The summed E-state index contributed by atoms with van der Waals surface area (Å²) in [5.41, 5.74) is 4.25. The zero-order valence-corrected chi connectivity index (χ0v) is 10.9. The molecule has 104 valence electrons. The highest BCUT2D eigenvalue weighted by Crippen LogP contribution is 2.30. The summed E-state index contributed by atoms with van der Waals surface area (Å²) in [4.78, 5) is 22.1. The Kier molecular flexibility index (Phi) is 3.18. The fourth-order valence-electron chi connectivity index (χ4n) is 2.69. The highest BCUT2D eigenvalue weighted by Gasteiger charge is 2.16. The van der Waals surface area contributed by atoms with Crippen LogP contribution in [0.1, 0.15) is 23.1 Å². The standard InChI is InChI=1S/C15H15NO4/c17-14(16-7-15(18)19)6-11-8-20-13-5-10-3-1-2-9(10)4-12(11)13/h4-5,8H,1-3,6-7H2,(H,16,17)(H,18,19). The van der Waals surface area contributed by atoms with Gasteiger partial charge in [-0.05, 0) is 42.5 Å². The topological polar surface area (TPSA) is 79.5 Å². The van der Waals surface area contributed by atoms with Gasteiger partial charge in [-0.15, -0.1) is 0 Å². The minimum absolute atomic E-state index is 0.138. The van der Waals surface area contributed by atoms with Crippen LogP contribution in [-0.4, -0.2) is 23.5 Å². The first-order valence-corrected chi connectivity index (χ1v) is 6.64. The number of rotatable bonds is 4. The van der Waals surface area contributed by atoms with Gasteiger partial charge in [0.1, 0.15) is 12.1 Å². The molecule has 0 spiro atoms. The van der Waals surface area contributed by atoms with Crippen molar-refractivity contribution in [1.29, 1.82) is 0 Å². The number of aryl methyl sites for hydroxylation is 2. The lowest BCUT2D eigenvalue weighted by Gasteiger charge is -2.02. The summed E-state index contributed by atoms with van der Waals surface area (Å²) >= 11 is 0. The van der Waals surface area contributed by atoms with Crippen LogP contribution in [0, 0.1) is 0 Å². The first kappa shape index (κ1) is 12.7. The molecule has 0 aliphatic heterocycles. The molecule has 20 heavy (non-hydrogen) atoms. The van der Waals surface area contributed by atoms with Crippen molar-refractivity contribution in [2.45, 2.75) is 25.7 Å². The number of hydrogen-bond acceptors (Lipinski definition) is 3. The second kappa shape index (κ2) is 5.00. The predicted molar refractivity (Wildman–Crippen MR) is 72.6 cm³/mol. The summed E-state index contributed by atoms with van der Waals surface area (Å²) in [6.45, 7) is -0.357. The first-order chi connectivity index (χ1) is 9.63. The van der Waals surface area contributed by atoms with Gasteiger partial charge in [0.2, 0.25) is 5.91 Å². The molecule has 1 aliphatic rings. The Morgan fingerprint density at radius 3 is 2.75 bits per heavy atom. The quantitative estimate of drug-likeness (QED) is 0.888.